The molecule has 1 aliphatic heterocycles. The molecule has 1 aromatic heterocycles. The monoisotopic (exact) mass is 251 g/mol. The molecule has 1 aliphatic rings. The maximum Gasteiger partial charge on any atom is 0.237 e. The largest absolute Gasteiger partial charge is 0.354 e. The molecule has 0 saturated carbocycles. The lowest BCUT2D eigenvalue weighted by Crippen LogP contribution is -2.49. The van der Waals surface area contributed by atoms with Gasteiger partial charge in [-0.1, -0.05) is 13.3 Å². The maximum absolute atomic E-state index is 12.0. The quantitative estimate of drug-likeness (QED) is 0.700. The lowest BCUT2D eigenvalue weighted by atomic mass is 9.90. The van der Waals surface area contributed by atoms with Crippen LogP contribution in [0.2, 0.25) is 0 Å². The van der Waals surface area contributed by atoms with Crippen molar-refractivity contribution in [3.05, 3.63) is 12.2 Å². The Bertz CT molecular complexity index is 365. The van der Waals surface area contributed by atoms with E-state index in [4.69, 9.17) is 0 Å². The van der Waals surface area contributed by atoms with E-state index in [0.29, 0.717) is 18.9 Å². The Kier molecular flexibility index (Phi) is 4.69. The third kappa shape index (κ3) is 3.53. The number of hydrogen-bond donors (Lipinski definition) is 3. The van der Waals surface area contributed by atoms with Crippen LogP contribution < -0.4 is 10.6 Å². The highest BCUT2D eigenvalue weighted by atomic mass is 16.2. The van der Waals surface area contributed by atoms with Crippen LogP contribution in [0.25, 0.3) is 0 Å². The molecule has 3 N–H and O–H groups in total. The van der Waals surface area contributed by atoms with E-state index in [-0.39, 0.29) is 11.9 Å². The minimum atomic E-state index is -0.0292. The SMILES string of the molecule is CCC1CCNC(C(=O)NCCc2ncn[nH]2)C1. The van der Waals surface area contributed by atoms with Crippen molar-refractivity contribution >= 4 is 5.91 Å². The fraction of sp³-hybridized carbons (Fsp3) is 0.750. The van der Waals surface area contributed by atoms with Crippen LogP contribution in [-0.4, -0.2) is 40.2 Å². The Morgan fingerprint density at radius 2 is 2.50 bits per heavy atom. The minimum Gasteiger partial charge on any atom is -0.354 e. The van der Waals surface area contributed by atoms with Crippen LogP contribution in [0, 0.1) is 5.92 Å². The number of aromatic amines is 1. The molecule has 1 aromatic rings. The zero-order valence-electron chi connectivity index (χ0n) is 10.8. The van der Waals surface area contributed by atoms with E-state index in [2.05, 4.69) is 32.7 Å². The standard InChI is InChI=1S/C12H21N5O/c1-2-9-3-5-13-10(7-9)12(18)14-6-4-11-15-8-16-17-11/h8-10,13H,2-7H2,1H3,(H,14,18)(H,15,16,17). The van der Waals surface area contributed by atoms with Crippen molar-refractivity contribution < 1.29 is 4.79 Å². The molecule has 2 rings (SSSR count). The minimum absolute atomic E-state index is 0.0292. The molecule has 2 atom stereocenters. The van der Waals surface area contributed by atoms with E-state index in [1.165, 1.54) is 12.7 Å². The van der Waals surface area contributed by atoms with Gasteiger partial charge in [0.15, 0.2) is 0 Å². The van der Waals surface area contributed by atoms with Crippen molar-refractivity contribution in [2.45, 2.75) is 38.6 Å². The third-order valence-electron chi connectivity index (χ3n) is 3.53. The van der Waals surface area contributed by atoms with Gasteiger partial charge in [-0.3, -0.25) is 9.89 Å². The number of rotatable bonds is 5. The van der Waals surface area contributed by atoms with Crippen LogP contribution in [0.1, 0.15) is 32.0 Å². The van der Waals surface area contributed by atoms with Gasteiger partial charge in [0.1, 0.15) is 12.2 Å². The Labute approximate surface area is 107 Å². The van der Waals surface area contributed by atoms with Crippen LogP contribution >= 0.6 is 0 Å². The van der Waals surface area contributed by atoms with E-state index in [1.807, 2.05) is 0 Å². The molecule has 0 radical (unpaired) electrons. The van der Waals surface area contributed by atoms with Gasteiger partial charge in [-0.15, -0.1) is 0 Å². The van der Waals surface area contributed by atoms with Crippen molar-refractivity contribution in [2.75, 3.05) is 13.1 Å². The summed E-state index contributed by atoms with van der Waals surface area (Å²) in [7, 11) is 0. The first-order valence-electron chi connectivity index (χ1n) is 6.65. The van der Waals surface area contributed by atoms with Crippen LogP contribution in [0.15, 0.2) is 6.33 Å². The highest BCUT2D eigenvalue weighted by Gasteiger charge is 2.25. The number of hydrogen-bond acceptors (Lipinski definition) is 4. The zero-order valence-corrected chi connectivity index (χ0v) is 10.8. The van der Waals surface area contributed by atoms with Gasteiger partial charge in [0.2, 0.25) is 5.91 Å². The average molecular weight is 251 g/mol. The fourth-order valence-corrected chi connectivity index (χ4v) is 2.35. The summed E-state index contributed by atoms with van der Waals surface area (Å²) in [5.74, 6) is 1.59. The molecular formula is C12H21N5O. The van der Waals surface area contributed by atoms with E-state index in [0.717, 1.165) is 25.2 Å². The average Bonchev–Trinajstić information content (AvgIpc) is 2.92. The maximum atomic E-state index is 12.0. The molecule has 1 amide bonds. The molecule has 1 fully saturated rings. The molecule has 0 spiro atoms. The Balaban J connectivity index is 1.70. The predicted molar refractivity (Wildman–Crippen MR) is 67.9 cm³/mol. The van der Waals surface area contributed by atoms with E-state index < -0.39 is 0 Å². The summed E-state index contributed by atoms with van der Waals surface area (Å²) in [4.78, 5) is 16.0. The lowest BCUT2D eigenvalue weighted by Gasteiger charge is -2.28. The van der Waals surface area contributed by atoms with Crippen molar-refractivity contribution in [3.8, 4) is 0 Å². The van der Waals surface area contributed by atoms with Gasteiger partial charge < -0.3 is 10.6 Å². The number of nitrogens with zero attached hydrogens (tertiary/aromatic N) is 2. The van der Waals surface area contributed by atoms with E-state index in [1.54, 1.807) is 0 Å². The number of aromatic nitrogens is 3. The fourth-order valence-electron chi connectivity index (χ4n) is 2.35. The van der Waals surface area contributed by atoms with Crippen LogP contribution in [0.3, 0.4) is 0 Å². The van der Waals surface area contributed by atoms with E-state index >= 15 is 0 Å². The molecule has 6 nitrogen and oxygen atoms in total. The summed E-state index contributed by atoms with van der Waals surface area (Å²) in [5, 5.41) is 12.8. The second-order valence-electron chi connectivity index (χ2n) is 4.78. The summed E-state index contributed by atoms with van der Waals surface area (Å²) in [6, 6.07) is -0.0292. The summed E-state index contributed by atoms with van der Waals surface area (Å²) < 4.78 is 0. The number of piperidine rings is 1. The first-order valence-corrected chi connectivity index (χ1v) is 6.65. The Morgan fingerprint density at radius 1 is 1.61 bits per heavy atom. The molecule has 1 saturated heterocycles. The van der Waals surface area contributed by atoms with Gasteiger partial charge >= 0.3 is 0 Å². The highest BCUT2D eigenvalue weighted by Crippen LogP contribution is 2.19. The van der Waals surface area contributed by atoms with Gasteiger partial charge in [-0.05, 0) is 25.3 Å². The number of carbonyl (C=O) groups excluding carboxylic acids is 1. The molecule has 2 heterocycles. The first-order chi connectivity index (χ1) is 8.79. The van der Waals surface area contributed by atoms with Gasteiger partial charge in [0, 0.05) is 13.0 Å². The lowest BCUT2D eigenvalue weighted by molar-refractivity contribution is -0.124. The molecule has 18 heavy (non-hydrogen) atoms. The van der Waals surface area contributed by atoms with Gasteiger partial charge in [-0.25, -0.2) is 4.98 Å². The van der Waals surface area contributed by atoms with E-state index in [9.17, 15) is 4.79 Å². The molecule has 2 unspecified atom stereocenters. The van der Waals surface area contributed by atoms with Crippen LogP contribution in [0.5, 0.6) is 0 Å². The summed E-state index contributed by atoms with van der Waals surface area (Å²) in [6.45, 7) is 3.73. The highest BCUT2D eigenvalue weighted by molar-refractivity contribution is 5.81. The van der Waals surface area contributed by atoms with Crippen molar-refractivity contribution in [1.82, 2.24) is 25.8 Å². The normalized spacial score (nSPS) is 23.8. The van der Waals surface area contributed by atoms with Crippen molar-refractivity contribution in [2.24, 2.45) is 5.92 Å². The van der Waals surface area contributed by atoms with Gasteiger partial charge in [0.05, 0.1) is 6.04 Å². The molecular weight excluding hydrogens is 230 g/mol. The predicted octanol–water partition coefficient (Wildman–Crippen LogP) is 0.242. The second kappa shape index (κ2) is 6.49. The zero-order chi connectivity index (χ0) is 12.8. The van der Waals surface area contributed by atoms with Crippen molar-refractivity contribution in [3.63, 3.8) is 0 Å². The third-order valence-corrected chi connectivity index (χ3v) is 3.53. The molecule has 6 heteroatoms. The molecule has 100 valence electrons. The van der Waals surface area contributed by atoms with Gasteiger partial charge in [-0.2, -0.15) is 5.10 Å². The van der Waals surface area contributed by atoms with Gasteiger partial charge in [0.25, 0.3) is 0 Å². The summed E-state index contributed by atoms with van der Waals surface area (Å²) in [5.41, 5.74) is 0. The summed E-state index contributed by atoms with van der Waals surface area (Å²) in [6.07, 6.45) is 5.45. The molecule has 0 bridgehead atoms. The number of carbonyl (C=O) groups is 1. The Hall–Kier alpha value is -1.43. The summed E-state index contributed by atoms with van der Waals surface area (Å²) >= 11 is 0. The number of amides is 1. The van der Waals surface area contributed by atoms with Crippen molar-refractivity contribution in [1.29, 1.82) is 0 Å². The molecule has 0 aliphatic carbocycles. The van der Waals surface area contributed by atoms with Crippen LogP contribution in [-0.2, 0) is 11.2 Å². The second-order valence-corrected chi connectivity index (χ2v) is 4.78. The first kappa shape index (κ1) is 13.0. The number of nitrogens with one attached hydrogen (secondary N) is 3. The number of H-pyrrole nitrogens is 1. The molecule has 0 aromatic carbocycles. The topological polar surface area (TPSA) is 82.7 Å². The van der Waals surface area contributed by atoms with Crippen LogP contribution in [0.4, 0.5) is 0 Å². The smallest absolute Gasteiger partial charge is 0.237 e. The Morgan fingerprint density at radius 3 is 3.22 bits per heavy atom.